The maximum Gasteiger partial charge on any atom is 0.175 e. The van der Waals surface area contributed by atoms with Gasteiger partial charge in [-0.05, 0) is 23.3 Å². The van der Waals surface area contributed by atoms with Crippen LogP contribution in [0.2, 0.25) is 0 Å². The van der Waals surface area contributed by atoms with E-state index in [0.29, 0.717) is 24.6 Å². The Labute approximate surface area is 152 Å². The highest BCUT2D eigenvalue weighted by atomic mass is 16.5. The second-order valence-electron chi connectivity index (χ2n) is 6.30. The van der Waals surface area contributed by atoms with Crippen molar-refractivity contribution in [3.8, 4) is 5.75 Å². The minimum absolute atomic E-state index is 0.153. The van der Waals surface area contributed by atoms with Crippen LogP contribution in [-0.2, 0) is 11.3 Å². The summed E-state index contributed by atoms with van der Waals surface area (Å²) in [4.78, 5) is 0. The SMILES string of the molecule is Oc1cccc2cc(COCC(c3ccccc3)c3ccccc3)oc12. The van der Waals surface area contributed by atoms with E-state index < -0.39 is 0 Å². The Balaban J connectivity index is 1.50. The quantitative estimate of drug-likeness (QED) is 0.503. The van der Waals surface area contributed by atoms with E-state index in [9.17, 15) is 5.11 Å². The van der Waals surface area contributed by atoms with Crippen LogP contribution in [0.4, 0.5) is 0 Å². The fourth-order valence-electron chi connectivity index (χ4n) is 3.21. The summed E-state index contributed by atoms with van der Waals surface area (Å²) in [7, 11) is 0. The minimum Gasteiger partial charge on any atom is -0.504 e. The van der Waals surface area contributed by atoms with Gasteiger partial charge in [0.15, 0.2) is 11.3 Å². The topological polar surface area (TPSA) is 42.6 Å². The van der Waals surface area contributed by atoms with Gasteiger partial charge in [0.05, 0.1) is 6.61 Å². The van der Waals surface area contributed by atoms with Gasteiger partial charge >= 0.3 is 0 Å². The highest BCUT2D eigenvalue weighted by Crippen LogP contribution is 2.29. The Bertz CT molecular complexity index is 935. The van der Waals surface area contributed by atoms with Crippen molar-refractivity contribution >= 4 is 11.0 Å². The number of ether oxygens (including phenoxy) is 1. The van der Waals surface area contributed by atoms with Crippen molar-refractivity contribution in [3.63, 3.8) is 0 Å². The van der Waals surface area contributed by atoms with E-state index in [0.717, 1.165) is 5.39 Å². The first-order valence-corrected chi connectivity index (χ1v) is 8.69. The van der Waals surface area contributed by atoms with Gasteiger partial charge in [-0.15, -0.1) is 0 Å². The first-order chi connectivity index (χ1) is 12.8. The lowest BCUT2D eigenvalue weighted by molar-refractivity contribution is 0.101. The number of phenolic OH excluding ortho intramolecular Hbond substituents is 1. The van der Waals surface area contributed by atoms with Gasteiger partial charge in [0.25, 0.3) is 0 Å². The Kier molecular flexibility index (Phi) is 4.71. The van der Waals surface area contributed by atoms with E-state index in [1.807, 2.05) is 48.5 Å². The van der Waals surface area contributed by atoms with Crippen LogP contribution >= 0.6 is 0 Å². The molecular weight excluding hydrogens is 324 g/mol. The average Bonchev–Trinajstić information content (AvgIpc) is 3.11. The molecule has 0 atom stereocenters. The second kappa shape index (κ2) is 7.46. The third-order valence-electron chi connectivity index (χ3n) is 4.51. The number of phenols is 1. The Morgan fingerprint density at radius 3 is 2.08 bits per heavy atom. The zero-order valence-electron chi connectivity index (χ0n) is 14.3. The van der Waals surface area contributed by atoms with Gasteiger partial charge in [0, 0.05) is 11.3 Å². The molecule has 0 unspecified atom stereocenters. The third-order valence-corrected chi connectivity index (χ3v) is 4.51. The molecule has 26 heavy (non-hydrogen) atoms. The number of hydrogen-bond donors (Lipinski definition) is 1. The van der Waals surface area contributed by atoms with Crippen molar-refractivity contribution in [2.75, 3.05) is 6.61 Å². The van der Waals surface area contributed by atoms with Gasteiger partial charge in [0.1, 0.15) is 12.4 Å². The molecule has 3 heteroatoms. The summed E-state index contributed by atoms with van der Waals surface area (Å²) in [5, 5.41) is 10.7. The van der Waals surface area contributed by atoms with Crippen LogP contribution in [0.1, 0.15) is 22.8 Å². The number of benzene rings is 3. The van der Waals surface area contributed by atoms with Gasteiger partial charge < -0.3 is 14.3 Å². The molecule has 3 nitrogen and oxygen atoms in total. The molecule has 1 heterocycles. The van der Waals surface area contributed by atoms with E-state index in [1.165, 1.54) is 11.1 Å². The summed E-state index contributed by atoms with van der Waals surface area (Å²) in [5.41, 5.74) is 2.95. The fraction of sp³-hybridized carbons (Fsp3) is 0.130. The van der Waals surface area contributed by atoms with E-state index in [1.54, 1.807) is 12.1 Å². The molecule has 0 aliphatic heterocycles. The predicted molar refractivity (Wildman–Crippen MR) is 102 cm³/mol. The number of aromatic hydroxyl groups is 1. The van der Waals surface area contributed by atoms with Crippen LogP contribution in [0.25, 0.3) is 11.0 Å². The molecule has 4 rings (SSSR count). The van der Waals surface area contributed by atoms with Crippen LogP contribution in [-0.4, -0.2) is 11.7 Å². The van der Waals surface area contributed by atoms with Crippen molar-refractivity contribution in [2.45, 2.75) is 12.5 Å². The smallest absolute Gasteiger partial charge is 0.175 e. The molecule has 0 aliphatic carbocycles. The number of para-hydroxylation sites is 1. The number of hydrogen-bond acceptors (Lipinski definition) is 3. The van der Waals surface area contributed by atoms with Crippen molar-refractivity contribution in [3.05, 3.63) is 102 Å². The first kappa shape index (κ1) is 16.4. The van der Waals surface area contributed by atoms with Gasteiger partial charge in [-0.25, -0.2) is 0 Å². The third kappa shape index (κ3) is 3.48. The standard InChI is InChI=1S/C23H20O3/c24-22-13-7-12-19-14-20(26-23(19)22)15-25-16-21(17-8-3-1-4-9-17)18-10-5-2-6-11-18/h1-14,21,24H,15-16H2. The van der Waals surface area contributed by atoms with Crippen molar-refractivity contribution in [1.29, 1.82) is 0 Å². The predicted octanol–water partition coefficient (Wildman–Crippen LogP) is 5.49. The van der Waals surface area contributed by atoms with E-state index >= 15 is 0 Å². The van der Waals surface area contributed by atoms with Crippen molar-refractivity contribution in [2.24, 2.45) is 0 Å². The lowest BCUT2D eigenvalue weighted by Gasteiger charge is -2.18. The zero-order valence-corrected chi connectivity index (χ0v) is 14.3. The van der Waals surface area contributed by atoms with E-state index in [-0.39, 0.29) is 11.7 Å². The maximum absolute atomic E-state index is 9.86. The fourth-order valence-corrected chi connectivity index (χ4v) is 3.21. The molecule has 1 aromatic heterocycles. The summed E-state index contributed by atoms with van der Waals surface area (Å²) < 4.78 is 11.7. The summed E-state index contributed by atoms with van der Waals surface area (Å²) in [6.07, 6.45) is 0. The van der Waals surface area contributed by atoms with Gasteiger partial charge in [-0.3, -0.25) is 0 Å². The highest BCUT2D eigenvalue weighted by Gasteiger charge is 2.15. The molecule has 0 fully saturated rings. The molecule has 4 aromatic rings. The lowest BCUT2D eigenvalue weighted by atomic mass is 9.92. The molecule has 0 bridgehead atoms. The van der Waals surface area contributed by atoms with Crippen molar-refractivity contribution in [1.82, 2.24) is 0 Å². The number of fused-ring (bicyclic) bond motifs is 1. The Morgan fingerprint density at radius 1 is 0.808 bits per heavy atom. The number of furan rings is 1. The maximum atomic E-state index is 9.86. The Hall–Kier alpha value is -3.04. The molecule has 0 aliphatic rings. The first-order valence-electron chi connectivity index (χ1n) is 8.69. The monoisotopic (exact) mass is 344 g/mol. The summed E-state index contributed by atoms with van der Waals surface area (Å²) in [6, 6.07) is 28.0. The van der Waals surface area contributed by atoms with Crippen LogP contribution < -0.4 is 0 Å². The van der Waals surface area contributed by atoms with Crippen LogP contribution in [0.3, 0.4) is 0 Å². The molecule has 1 N–H and O–H groups in total. The molecule has 0 radical (unpaired) electrons. The van der Waals surface area contributed by atoms with Crippen molar-refractivity contribution < 1.29 is 14.3 Å². The van der Waals surface area contributed by atoms with Crippen LogP contribution in [0.15, 0.2) is 89.3 Å². The van der Waals surface area contributed by atoms with Crippen LogP contribution in [0, 0.1) is 0 Å². The summed E-state index contributed by atoms with van der Waals surface area (Å²) >= 11 is 0. The molecule has 0 amide bonds. The minimum atomic E-state index is 0.153. The van der Waals surface area contributed by atoms with Gasteiger partial charge in [0.2, 0.25) is 0 Å². The molecule has 0 saturated heterocycles. The molecule has 0 saturated carbocycles. The molecule has 3 aromatic carbocycles. The van der Waals surface area contributed by atoms with Gasteiger partial charge in [-0.2, -0.15) is 0 Å². The normalized spacial score (nSPS) is 11.3. The lowest BCUT2D eigenvalue weighted by Crippen LogP contribution is -2.09. The number of rotatable bonds is 6. The van der Waals surface area contributed by atoms with E-state index in [2.05, 4.69) is 24.3 Å². The molecular formula is C23H20O3. The largest absolute Gasteiger partial charge is 0.504 e. The zero-order chi connectivity index (χ0) is 17.8. The summed E-state index contributed by atoms with van der Waals surface area (Å²) in [6.45, 7) is 0.918. The Morgan fingerprint density at radius 2 is 1.46 bits per heavy atom. The highest BCUT2D eigenvalue weighted by molar-refractivity contribution is 5.83. The summed E-state index contributed by atoms with van der Waals surface area (Å²) in [5.74, 6) is 1.02. The van der Waals surface area contributed by atoms with Crippen LogP contribution in [0.5, 0.6) is 5.75 Å². The van der Waals surface area contributed by atoms with Gasteiger partial charge in [-0.1, -0.05) is 72.8 Å². The van der Waals surface area contributed by atoms with E-state index in [4.69, 9.17) is 9.15 Å². The second-order valence-corrected chi connectivity index (χ2v) is 6.30. The molecule has 0 spiro atoms. The average molecular weight is 344 g/mol. The molecule has 130 valence electrons.